The van der Waals surface area contributed by atoms with Crippen molar-refractivity contribution in [3.63, 3.8) is 0 Å². The Bertz CT molecular complexity index is 865. The molecule has 2 atom stereocenters. The summed E-state index contributed by atoms with van der Waals surface area (Å²) in [6.07, 6.45) is 32.7. The smallest absolute Gasteiger partial charge is 0.129 e. The maximum atomic E-state index is 4.04. The van der Waals surface area contributed by atoms with E-state index >= 15 is 0 Å². The minimum absolute atomic E-state index is 0.0328. The first kappa shape index (κ1) is 24.9. The van der Waals surface area contributed by atoms with Gasteiger partial charge in [-0.05, 0) is 13.8 Å². The lowest BCUT2D eigenvalue weighted by atomic mass is 9.90. The van der Waals surface area contributed by atoms with Crippen LogP contribution in [0.15, 0.2) is 97.2 Å². The average Bonchev–Trinajstić information content (AvgIpc) is 3.41. The van der Waals surface area contributed by atoms with Gasteiger partial charge < -0.3 is 8.97 Å². The van der Waals surface area contributed by atoms with Crippen LogP contribution in [0, 0.1) is 10.8 Å². The highest BCUT2D eigenvalue weighted by Gasteiger charge is 2.39. The van der Waals surface area contributed by atoms with Crippen LogP contribution in [0.25, 0.3) is 0 Å². The van der Waals surface area contributed by atoms with Crippen molar-refractivity contribution in [1.29, 1.82) is 0 Å². The van der Waals surface area contributed by atoms with E-state index < -0.39 is 0 Å². The second kappa shape index (κ2) is 10.2. The summed E-state index contributed by atoms with van der Waals surface area (Å²) in [5.74, 6) is 0. The van der Waals surface area contributed by atoms with E-state index in [0.717, 1.165) is 13.1 Å². The Kier molecular flexibility index (Phi) is 7.50. The topological polar surface area (TPSA) is 0 Å². The zero-order chi connectivity index (χ0) is 24.1. The highest BCUT2D eigenvalue weighted by molar-refractivity contribution is 5.35. The predicted octanol–water partition coefficient (Wildman–Crippen LogP) is 6.70. The molecule has 4 aliphatic rings. The summed E-state index contributed by atoms with van der Waals surface area (Å²) < 4.78 is 2.52. The molecule has 0 radical (unpaired) electrons. The first-order chi connectivity index (χ1) is 16.3. The number of hydrogen-bond acceptors (Lipinski definition) is 0. The van der Waals surface area contributed by atoms with Gasteiger partial charge in [-0.2, -0.15) is 0 Å². The minimum atomic E-state index is -0.0328. The lowest BCUT2D eigenvalue weighted by molar-refractivity contribution is -0.966. The van der Waals surface area contributed by atoms with Crippen molar-refractivity contribution in [3.8, 4) is 0 Å². The van der Waals surface area contributed by atoms with Crippen molar-refractivity contribution in [3.05, 3.63) is 97.2 Å². The van der Waals surface area contributed by atoms with Gasteiger partial charge in [0.15, 0.2) is 0 Å². The Morgan fingerprint density at radius 1 is 0.676 bits per heavy atom. The summed E-state index contributed by atoms with van der Waals surface area (Å²) in [7, 11) is 0. The predicted molar refractivity (Wildman–Crippen MR) is 147 cm³/mol. The number of allylic oxidation sites excluding steroid dienone is 10. The highest BCUT2D eigenvalue weighted by Crippen LogP contribution is 2.31. The van der Waals surface area contributed by atoms with Crippen LogP contribution < -0.4 is 0 Å². The normalized spacial score (nSPS) is 31.6. The fourth-order valence-corrected chi connectivity index (χ4v) is 6.17. The van der Waals surface area contributed by atoms with E-state index in [-0.39, 0.29) is 10.8 Å². The molecule has 0 spiro atoms. The molecule has 2 nitrogen and oxygen atoms in total. The summed E-state index contributed by atoms with van der Waals surface area (Å²) in [6.45, 7) is 22.8. The fourth-order valence-electron chi connectivity index (χ4n) is 6.17. The maximum absolute atomic E-state index is 4.04. The van der Waals surface area contributed by atoms with E-state index in [4.69, 9.17) is 0 Å². The molecule has 2 aliphatic heterocycles. The first-order valence-electron chi connectivity index (χ1n) is 13.4. The van der Waals surface area contributed by atoms with Crippen molar-refractivity contribution in [2.24, 2.45) is 10.8 Å². The van der Waals surface area contributed by atoms with Crippen LogP contribution in [-0.2, 0) is 0 Å². The zero-order valence-electron chi connectivity index (χ0n) is 21.7. The molecule has 2 heterocycles. The second-order valence-electron chi connectivity index (χ2n) is 11.8. The molecule has 4 rings (SSSR count). The molecule has 182 valence electrons. The van der Waals surface area contributed by atoms with Gasteiger partial charge in [-0.25, -0.2) is 0 Å². The van der Waals surface area contributed by atoms with Crippen molar-refractivity contribution in [1.82, 2.24) is 0 Å². The van der Waals surface area contributed by atoms with Gasteiger partial charge >= 0.3 is 0 Å². The van der Waals surface area contributed by atoms with Crippen molar-refractivity contribution in [2.45, 2.75) is 39.5 Å². The van der Waals surface area contributed by atoms with Gasteiger partial charge in [0.2, 0.25) is 0 Å². The number of quaternary nitrogens is 2. The van der Waals surface area contributed by atoms with Gasteiger partial charge in [0.1, 0.15) is 26.2 Å². The number of likely N-dealkylation sites (tertiary alicyclic amines) is 2. The Labute approximate surface area is 208 Å². The van der Waals surface area contributed by atoms with Gasteiger partial charge in [-0.3, -0.25) is 0 Å². The van der Waals surface area contributed by atoms with Gasteiger partial charge in [-0.15, -0.1) is 13.2 Å². The van der Waals surface area contributed by atoms with Crippen molar-refractivity contribution in [2.75, 3.05) is 52.4 Å². The quantitative estimate of drug-likeness (QED) is 0.266. The third-order valence-corrected chi connectivity index (χ3v) is 8.84. The molecule has 0 aromatic rings. The van der Waals surface area contributed by atoms with E-state index in [9.17, 15) is 0 Å². The molecule has 2 aliphatic carbocycles. The van der Waals surface area contributed by atoms with Crippen LogP contribution in [0.5, 0.6) is 0 Å². The third kappa shape index (κ3) is 5.90. The molecule has 0 bridgehead atoms. The van der Waals surface area contributed by atoms with Crippen molar-refractivity contribution < 1.29 is 8.97 Å². The molecule has 0 aromatic carbocycles. The van der Waals surface area contributed by atoms with Crippen LogP contribution in [0.2, 0.25) is 0 Å². The van der Waals surface area contributed by atoms with Crippen LogP contribution >= 0.6 is 0 Å². The lowest BCUT2D eigenvalue weighted by Gasteiger charge is -2.40. The van der Waals surface area contributed by atoms with Gasteiger partial charge in [0.05, 0.1) is 26.2 Å². The molecular formula is C32H46N2+2. The second-order valence-corrected chi connectivity index (χ2v) is 11.8. The van der Waals surface area contributed by atoms with E-state index in [2.05, 4.69) is 87.8 Å². The Morgan fingerprint density at radius 2 is 1.06 bits per heavy atom. The monoisotopic (exact) mass is 458 g/mol. The first-order valence-corrected chi connectivity index (χ1v) is 13.4. The molecular weight excluding hydrogens is 412 g/mol. The molecule has 34 heavy (non-hydrogen) atoms. The Morgan fingerprint density at radius 3 is 1.41 bits per heavy atom. The van der Waals surface area contributed by atoms with Crippen molar-refractivity contribution >= 4 is 0 Å². The SMILES string of the molecule is C=CC1(C)C=CC=C(C[N+]2(CC[N+]3(CC4=CC=CC(C)(C=C)C=C4)CCCC3)CCCC2)C=C1. The largest absolute Gasteiger partial charge is 0.315 e. The molecule has 2 unspecified atom stereocenters. The highest BCUT2D eigenvalue weighted by atomic mass is 15.4. The minimum Gasteiger partial charge on any atom is -0.315 e. The lowest BCUT2D eigenvalue weighted by Crippen LogP contribution is -2.56. The number of nitrogens with zero attached hydrogens (tertiary/aromatic N) is 2. The fraction of sp³-hybridized carbons (Fsp3) is 0.500. The Balaban J connectivity index is 1.46. The molecule has 2 heteroatoms. The summed E-state index contributed by atoms with van der Waals surface area (Å²) in [4.78, 5) is 0. The molecule has 2 saturated heterocycles. The number of rotatable bonds is 9. The standard InChI is InChI=1S/C32H46N2/c1-5-31(3)17-11-13-29(15-19-31)27-33(21-7-8-22-33)25-26-34(23-9-10-24-34)28-30-14-12-18-32(4,6-2)20-16-30/h5-6,11-20H,1-2,7-10,21-28H2,3-4H3/q+2. The van der Waals surface area contributed by atoms with E-state index in [1.54, 1.807) is 0 Å². The molecule has 0 aromatic heterocycles. The maximum Gasteiger partial charge on any atom is 0.129 e. The van der Waals surface area contributed by atoms with Gasteiger partial charge in [-0.1, -0.05) is 72.9 Å². The van der Waals surface area contributed by atoms with Gasteiger partial charge in [0, 0.05) is 47.7 Å². The summed E-state index contributed by atoms with van der Waals surface area (Å²) in [5.41, 5.74) is 2.88. The zero-order valence-corrected chi connectivity index (χ0v) is 21.7. The third-order valence-electron chi connectivity index (χ3n) is 8.84. The molecule has 2 fully saturated rings. The van der Waals surface area contributed by atoms with Crippen LogP contribution in [-0.4, -0.2) is 61.3 Å². The summed E-state index contributed by atoms with van der Waals surface area (Å²) >= 11 is 0. The summed E-state index contributed by atoms with van der Waals surface area (Å²) in [6, 6.07) is 0. The van der Waals surface area contributed by atoms with Crippen LogP contribution in [0.3, 0.4) is 0 Å². The van der Waals surface area contributed by atoms with Crippen LogP contribution in [0.4, 0.5) is 0 Å². The van der Waals surface area contributed by atoms with E-state index in [1.807, 2.05) is 12.2 Å². The molecule has 0 saturated carbocycles. The summed E-state index contributed by atoms with van der Waals surface area (Å²) in [5, 5.41) is 0. The van der Waals surface area contributed by atoms with E-state index in [0.29, 0.717) is 0 Å². The van der Waals surface area contributed by atoms with Gasteiger partial charge in [0.25, 0.3) is 0 Å². The molecule has 0 N–H and O–H groups in total. The Hall–Kier alpha value is -2.16. The van der Waals surface area contributed by atoms with Crippen LogP contribution in [0.1, 0.15) is 39.5 Å². The number of hydrogen-bond donors (Lipinski definition) is 0. The van der Waals surface area contributed by atoms with E-state index in [1.165, 1.54) is 85.1 Å². The molecule has 0 amide bonds. The average molecular weight is 459 g/mol.